The standard InChI is InChI=1S/C12H14F4N2/c1-6(2)7-4-3-5-18(7)10-8(13)11(15)17-12(16)9(10)14/h6-7H,3-5H2,1-2H3. The van der Waals surface area contributed by atoms with Crippen LogP contribution in [0.3, 0.4) is 0 Å². The van der Waals surface area contributed by atoms with Crippen molar-refractivity contribution in [1.29, 1.82) is 0 Å². The van der Waals surface area contributed by atoms with Gasteiger partial charge in [-0.25, -0.2) is 0 Å². The Morgan fingerprint density at radius 2 is 1.67 bits per heavy atom. The molecule has 1 aromatic heterocycles. The zero-order valence-corrected chi connectivity index (χ0v) is 10.2. The maximum Gasteiger partial charge on any atom is 0.253 e. The highest BCUT2D eigenvalue weighted by atomic mass is 19.2. The van der Waals surface area contributed by atoms with Gasteiger partial charge in [-0.15, -0.1) is 0 Å². The molecule has 2 nitrogen and oxygen atoms in total. The van der Waals surface area contributed by atoms with Gasteiger partial charge in [-0.2, -0.15) is 22.5 Å². The summed E-state index contributed by atoms with van der Waals surface area (Å²) in [5.74, 6) is -5.88. The van der Waals surface area contributed by atoms with Crippen LogP contribution in [0.5, 0.6) is 0 Å². The minimum Gasteiger partial charge on any atom is -0.363 e. The Hall–Kier alpha value is -1.33. The molecule has 1 saturated heterocycles. The Balaban J connectivity index is 2.50. The third-order valence-corrected chi connectivity index (χ3v) is 3.33. The van der Waals surface area contributed by atoms with E-state index in [-0.39, 0.29) is 12.0 Å². The van der Waals surface area contributed by atoms with Gasteiger partial charge >= 0.3 is 0 Å². The molecule has 1 aliphatic heterocycles. The minimum absolute atomic E-state index is 0.116. The molecule has 1 aliphatic rings. The van der Waals surface area contributed by atoms with Gasteiger partial charge in [0.25, 0.3) is 11.9 Å². The molecule has 1 fully saturated rings. The summed E-state index contributed by atoms with van der Waals surface area (Å²) in [6.45, 7) is 4.21. The van der Waals surface area contributed by atoms with E-state index in [1.165, 1.54) is 4.90 Å². The maximum atomic E-state index is 13.6. The molecule has 1 aromatic rings. The Labute approximate surface area is 103 Å². The molecule has 0 saturated carbocycles. The Morgan fingerprint density at radius 1 is 1.11 bits per heavy atom. The highest BCUT2D eigenvalue weighted by Gasteiger charge is 2.34. The first kappa shape index (κ1) is 13.1. The van der Waals surface area contributed by atoms with Crippen LogP contribution < -0.4 is 4.90 Å². The second kappa shape index (κ2) is 4.74. The molecule has 100 valence electrons. The third-order valence-electron chi connectivity index (χ3n) is 3.33. The Bertz CT molecular complexity index is 436. The molecule has 2 rings (SSSR count). The number of hydrogen-bond donors (Lipinski definition) is 0. The molecular weight excluding hydrogens is 248 g/mol. The number of rotatable bonds is 2. The van der Waals surface area contributed by atoms with Gasteiger partial charge in [-0.05, 0) is 18.8 Å². The van der Waals surface area contributed by atoms with Crippen molar-refractivity contribution in [2.24, 2.45) is 5.92 Å². The van der Waals surface area contributed by atoms with Gasteiger partial charge in [-0.1, -0.05) is 13.8 Å². The molecule has 1 unspecified atom stereocenters. The number of nitrogens with zero attached hydrogens (tertiary/aromatic N) is 2. The molecule has 0 radical (unpaired) electrons. The summed E-state index contributed by atoms with van der Waals surface area (Å²) in [5, 5.41) is 0. The molecule has 0 aromatic carbocycles. The topological polar surface area (TPSA) is 16.1 Å². The molecule has 1 atom stereocenters. The second-order valence-electron chi connectivity index (χ2n) is 4.82. The van der Waals surface area contributed by atoms with Gasteiger partial charge in [0.15, 0.2) is 0 Å². The summed E-state index contributed by atoms with van der Waals surface area (Å²) >= 11 is 0. The largest absolute Gasteiger partial charge is 0.363 e. The van der Waals surface area contributed by atoms with Crippen molar-refractivity contribution in [2.45, 2.75) is 32.7 Å². The van der Waals surface area contributed by atoms with Gasteiger partial charge in [0.1, 0.15) is 5.69 Å². The quantitative estimate of drug-likeness (QED) is 0.600. The number of pyridine rings is 1. The van der Waals surface area contributed by atoms with Crippen LogP contribution in [0.25, 0.3) is 0 Å². The number of halogens is 4. The van der Waals surface area contributed by atoms with E-state index < -0.39 is 29.2 Å². The summed E-state index contributed by atoms with van der Waals surface area (Å²) in [6.07, 6.45) is 1.50. The van der Waals surface area contributed by atoms with Crippen LogP contribution in [0.4, 0.5) is 23.2 Å². The fourth-order valence-corrected chi connectivity index (χ4v) is 2.49. The second-order valence-corrected chi connectivity index (χ2v) is 4.82. The fraction of sp³-hybridized carbons (Fsp3) is 0.583. The minimum atomic E-state index is -1.60. The lowest BCUT2D eigenvalue weighted by Crippen LogP contribution is -2.35. The van der Waals surface area contributed by atoms with Crippen molar-refractivity contribution in [2.75, 3.05) is 11.4 Å². The average molecular weight is 262 g/mol. The van der Waals surface area contributed by atoms with Crippen molar-refractivity contribution in [3.05, 3.63) is 23.5 Å². The lowest BCUT2D eigenvalue weighted by Gasteiger charge is -2.30. The van der Waals surface area contributed by atoms with Crippen LogP contribution in [0.1, 0.15) is 26.7 Å². The smallest absolute Gasteiger partial charge is 0.253 e. The third kappa shape index (κ3) is 2.04. The summed E-state index contributed by atoms with van der Waals surface area (Å²) in [7, 11) is 0. The summed E-state index contributed by atoms with van der Waals surface area (Å²) in [5.41, 5.74) is -0.629. The molecule has 0 aliphatic carbocycles. The van der Waals surface area contributed by atoms with Gasteiger partial charge in [0, 0.05) is 12.6 Å². The molecule has 0 spiro atoms. The van der Waals surface area contributed by atoms with E-state index in [9.17, 15) is 17.6 Å². The average Bonchev–Trinajstić information content (AvgIpc) is 2.76. The van der Waals surface area contributed by atoms with Crippen LogP contribution in [-0.4, -0.2) is 17.6 Å². The highest BCUT2D eigenvalue weighted by molar-refractivity contribution is 5.50. The summed E-state index contributed by atoms with van der Waals surface area (Å²) in [6, 6.07) is -0.116. The predicted molar refractivity (Wildman–Crippen MR) is 59.3 cm³/mol. The monoisotopic (exact) mass is 262 g/mol. The first-order valence-electron chi connectivity index (χ1n) is 5.90. The lowest BCUT2D eigenvalue weighted by molar-refractivity contribution is 0.398. The fourth-order valence-electron chi connectivity index (χ4n) is 2.49. The maximum absolute atomic E-state index is 13.6. The van der Waals surface area contributed by atoms with Crippen molar-refractivity contribution in [1.82, 2.24) is 4.98 Å². The van der Waals surface area contributed by atoms with Crippen LogP contribution >= 0.6 is 0 Å². The molecule has 0 bridgehead atoms. The van der Waals surface area contributed by atoms with E-state index in [1.54, 1.807) is 0 Å². The van der Waals surface area contributed by atoms with E-state index in [2.05, 4.69) is 4.98 Å². The number of aromatic nitrogens is 1. The van der Waals surface area contributed by atoms with E-state index >= 15 is 0 Å². The molecule has 2 heterocycles. The van der Waals surface area contributed by atoms with E-state index in [1.807, 2.05) is 13.8 Å². The zero-order chi connectivity index (χ0) is 13.4. The van der Waals surface area contributed by atoms with Crippen molar-refractivity contribution in [3.63, 3.8) is 0 Å². The first-order chi connectivity index (χ1) is 8.43. The molecular formula is C12H14F4N2. The zero-order valence-electron chi connectivity index (χ0n) is 10.2. The highest BCUT2D eigenvalue weighted by Crippen LogP contribution is 2.34. The van der Waals surface area contributed by atoms with Crippen molar-refractivity contribution >= 4 is 5.69 Å². The van der Waals surface area contributed by atoms with Crippen LogP contribution in [0.2, 0.25) is 0 Å². The van der Waals surface area contributed by atoms with Crippen molar-refractivity contribution in [3.8, 4) is 0 Å². The Kier molecular flexibility index (Phi) is 3.45. The number of anilines is 1. The van der Waals surface area contributed by atoms with Crippen LogP contribution in [-0.2, 0) is 0 Å². The predicted octanol–water partition coefficient (Wildman–Crippen LogP) is 3.26. The SMILES string of the molecule is CC(C)C1CCCN1c1c(F)c(F)nc(F)c1F. The summed E-state index contributed by atoms with van der Waals surface area (Å²) in [4.78, 5) is 3.97. The molecule has 6 heteroatoms. The van der Waals surface area contributed by atoms with Crippen LogP contribution in [0, 0.1) is 29.4 Å². The van der Waals surface area contributed by atoms with Crippen LogP contribution in [0.15, 0.2) is 0 Å². The van der Waals surface area contributed by atoms with Gasteiger partial charge in [0.2, 0.25) is 11.6 Å². The number of hydrogen-bond acceptors (Lipinski definition) is 2. The lowest BCUT2D eigenvalue weighted by atomic mass is 10.0. The molecule has 18 heavy (non-hydrogen) atoms. The van der Waals surface area contributed by atoms with Gasteiger partial charge in [0.05, 0.1) is 0 Å². The van der Waals surface area contributed by atoms with Gasteiger partial charge < -0.3 is 4.90 Å². The normalized spacial score (nSPS) is 19.9. The Morgan fingerprint density at radius 3 is 2.17 bits per heavy atom. The summed E-state index contributed by atoms with van der Waals surface area (Å²) < 4.78 is 53.5. The first-order valence-corrected chi connectivity index (χ1v) is 5.90. The van der Waals surface area contributed by atoms with Gasteiger partial charge in [-0.3, -0.25) is 0 Å². The molecule has 0 N–H and O–H groups in total. The molecule has 0 amide bonds. The van der Waals surface area contributed by atoms with Crippen molar-refractivity contribution < 1.29 is 17.6 Å². The van der Waals surface area contributed by atoms with E-state index in [0.717, 1.165) is 12.8 Å². The van der Waals surface area contributed by atoms with E-state index in [4.69, 9.17) is 0 Å². The van der Waals surface area contributed by atoms with E-state index in [0.29, 0.717) is 6.54 Å².